The largest absolute Gasteiger partial charge is 0.507 e. The van der Waals surface area contributed by atoms with Gasteiger partial charge in [-0.1, -0.05) is 24.3 Å². The molecule has 1 N–H and O–H groups in total. The van der Waals surface area contributed by atoms with Crippen LogP contribution in [0.25, 0.3) is 0 Å². The van der Waals surface area contributed by atoms with Crippen LogP contribution in [0.5, 0.6) is 5.75 Å². The molecule has 3 rings (SSSR count). The summed E-state index contributed by atoms with van der Waals surface area (Å²) < 4.78 is 37.8. The first-order chi connectivity index (χ1) is 12.3. The number of carbonyl (C=O) groups excluding carboxylic acids is 1. The number of halogens is 3. The zero-order valence-electron chi connectivity index (χ0n) is 14.0. The van der Waals surface area contributed by atoms with E-state index in [1.54, 1.807) is 23.1 Å². The second-order valence-electron chi connectivity index (χ2n) is 6.28. The van der Waals surface area contributed by atoms with Crippen LogP contribution in [-0.2, 0) is 12.7 Å². The molecule has 0 unspecified atom stereocenters. The van der Waals surface area contributed by atoms with Gasteiger partial charge >= 0.3 is 6.18 Å². The second kappa shape index (κ2) is 7.37. The van der Waals surface area contributed by atoms with Crippen LogP contribution in [0.4, 0.5) is 13.2 Å². The fourth-order valence-corrected chi connectivity index (χ4v) is 2.99. The Labute approximate surface area is 149 Å². The highest BCUT2D eigenvalue weighted by molar-refractivity contribution is 5.96. The molecule has 0 spiro atoms. The Morgan fingerprint density at radius 1 is 0.962 bits per heavy atom. The van der Waals surface area contributed by atoms with E-state index >= 15 is 0 Å². The lowest BCUT2D eigenvalue weighted by atomic mass is 10.1. The van der Waals surface area contributed by atoms with Crippen LogP contribution in [0, 0.1) is 0 Å². The van der Waals surface area contributed by atoms with Crippen molar-refractivity contribution in [2.75, 3.05) is 26.2 Å². The summed E-state index contributed by atoms with van der Waals surface area (Å²) in [5.74, 6) is -0.248. The van der Waals surface area contributed by atoms with Gasteiger partial charge in [0.1, 0.15) is 5.75 Å². The molecule has 0 saturated carbocycles. The Kier molecular flexibility index (Phi) is 5.18. The first kappa shape index (κ1) is 18.3. The van der Waals surface area contributed by atoms with Crippen molar-refractivity contribution in [2.24, 2.45) is 0 Å². The molecule has 2 aromatic rings. The standard InChI is InChI=1S/C19H19F3N2O2/c20-19(21,22)15-7-5-14(6-8-15)13-23-9-11-24(12-10-23)18(26)16-3-1-2-4-17(16)25/h1-8,25H,9-13H2. The van der Waals surface area contributed by atoms with Gasteiger partial charge in [0.25, 0.3) is 5.91 Å². The summed E-state index contributed by atoms with van der Waals surface area (Å²) in [6.45, 7) is 2.80. The van der Waals surface area contributed by atoms with Crippen molar-refractivity contribution in [1.82, 2.24) is 9.80 Å². The minimum Gasteiger partial charge on any atom is -0.507 e. The van der Waals surface area contributed by atoms with Crippen molar-refractivity contribution >= 4 is 5.91 Å². The van der Waals surface area contributed by atoms with Gasteiger partial charge < -0.3 is 10.0 Å². The average Bonchev–Trinajstić information content (AvgIpc) is 2.62. The van der Waals surface area contributed by atoms with E-state index in [-0.39, 0.29) is 17.2 Å². The molecule has 1 saturated heterocycles. The van der Waals surface area contributed by atoms with E-state index in [9.17, 15) is 23.1 Å². The predicted octanol–water partition coefficient (Wildman–Crippen LogP) is 3.37. The minimum atomic E-state index is -4.33. The van der Waals surface area contributed by atoms with Crippen molar-refractivity contribution < 1.29 is 23.1 Å². The number of phenols is 1. The highest BCUT2D eigenvalue weighted by Gasteiger charge is 2.30. The maximum absolute atomic E-state index is 12.6. The van der Waals surface area contributed by atoms with Crippen LogP contribution in [-0.4, -0.2) is 47.0 Å². The Hall–Kier alpha value is -2.54. The molecule has 7 heteroatoms. The summed E-state index contributed by atoms with van der Waals surface area (Å²) in [5.41, 5.74) is 0.432. The molecule has 1 aliphatic heterocycles. The highest BCUT2D eigenvalue weighted by Crippen LogP contribution is 2.29. The molecule has 1 heterocycles. The minimum absolute atomic E-state index is 0.0373. The van der Waals surface area contributed by atoms with Gasteiger partial charge in [-0.2, -0.15) is 13.2 Å². The summed E-state index contributed by atoms with van der Waals surface area (Å²) in [5, 5.41) is 9.80. The summed E-state index contributed by atoms with van der Waals surface area (Å²) in [6.07, 6.45) is -4.33. The zero-order chi connectivity index (χ0) is 18.7. The number of aromatic hydroxyl groups is 1. The van der Waals surface area contributed by atoms with Gasteiger partial charge in [-0.3, -0.25) is 9.69 Å². The van der Waals surface area contributed by atoms with Crippen molar-refractivity contribution in [3.63, 3.8) is 0 Å². The first-order valence-electron chi connectivity index (χ1n) is 8.30. The van der Waals surface area contributed by atoms with E-state index in [0.717, 1.165) is 17.7 Å². The third-order valence-electron chi connectivity index (χ3n) is 4.48. The van der Waals surface area contributed by atoms with Gasteiger partial charge in [0.15, 0.2) is 0 Å². The maximum atomic E-state index is 12.6. The zero-order valence-corrected chi connectivity index (χ0v) is 14.0. The van der Waals surface area contributed by atoms with E-state index in [2.05, 4.69) is 4.90 Å². The summed E-state index contributed by atoms with van der Waals surface area (Å²) in [4.78, 5) is 16.2. The van der Waals surface area contributed by atoms with Gasteiger partial charge in [-0.25, -0.2) is 0 Å². The third-order valence-corrected chi connectivity index (χ3v) is 4.48. The van der Waals surface area contributed by atoms with Crippen LogP contribution in [0.1, 0.15) is 21.5 Å². The number of phenolic OH excluding ortho intramolecular Hbond substituents is 1. The fraction of sp³-hybridized carbons (Fsp3) is 0.316. The van der Waals surface area contributed by atoms with Crippen LogP contribution < -0.4 is 0 Å². The van der Waals surface area contributed by atoms with Gasteiger partial charge in [-0.05, 0) is 29.8 Å². The highest BCUT2D eigenvalue weighted by atomic mass is 19.4. The molecule has 1 amide bonds. The molecule has 4 nitrogen and oxygen atoms in total. The molecule has 0 radical (unpaired) electrons. The quantitative estimate of drug-likeness (QED) is 0.908. The third kappa shape index (κ3) is 4.16. The van der Waals surface area contributed by atoms with Gasteiger partial charge in [0.2, 0.25) is 0 Å². The van der Waals surface area contributed by atoms with E-state index in [4.69, 9.17) is 0 Å². The molecule has 0 aliphatic carbocycles. The lowest BCUT2D eigenvalue weighted by Gasteiger charge is -2.35. The predicted molar refractivity (Wildman–Crippen MR) is 90.7 cm³/mol. The summed E-state index contributed by atoms with van der Waals surface area (Å²) in [6, 6.07) is 11.6. The number of nitrogens with zero attached hydrogens (tertiary/aromatic N) is 2. The van der Waals surface area contributed by atoms with Crippen molar-refractivity contribution in [3.05, 3.63) is 65.2 Å². The number of hydrogen-bond donors (Lipinski definition) is 1. The summed E-state index contributed by atoms with van der Waals surface area (Å²) >= 11 is 0. The molecule has 2 aromatic carbocycles. The molecule has 0 aromatic heterocycles. The molecular formula is C19H19F3N2O2. The van der Waals surface area contributed by atoms with Crippen molar-refractivity contribution in [2.45, 2.75) is 12.7 Å². The molecule has 138 valence electrons. The van der Waals surface area contributed by atoms with E-state index < -0.39 is 11.7 Å². The number of rotatable bonds is 3. The smallest absolute Gasteiger partial charge is 0.416 e. The molecule has 1 aliphatic rings. The Morgan fingerprint density at radius 3 is 2.15 bits per heavy atom. The van der Waals surface area contributed by atoms with Crippen LogP contribution >= 0.6 is 0 Å². The van der Waals surface area contributed by atoms with Crippen LogP contribution in [0.2, 0.25) is 0 Å². The molecule has 1 fully saturated rings. The number of alkyl halides is 3. The Balaban J connectivity index is 1.56. The monoisotopic (exact) mass is 364 g/mol. The number of hydrogen-bond acceptors (Lipinski definition) is 3. The van der Waals surface area contributed by atoms with Gasteiger partial charge in [0, 0.05) is 32.7 Å². The summed E-state index contributed by atoms with van der Waals surface area (Å²) in [7, 11) is 0. The van der Waals surface area contributed by atoms with Crippen molar-refractivity contribution in [3.8, 4) is 5.75 Å². The van der Waals surface area contributed by atoms with Crippen LogP contribution in [0.15, 0.2) is 48.5 Å². The number of piperazine rings is 1. The molecule has 26 heavy (non-hydrogen) atoms. The van der Waals surface area contributed by atoms with Gasteiger partial charge in [0.05, 0.1) is 11.1 Å². The van der Waals surface area contributed by atoms with Crippen molar-refractivity contribution in [1.29, 1.82) is 0 Å². The van der Waals surface area contributed by atoms with E-state index in [1.807, 2.05) is 0 Å². The van der Waals surface area contributed by atoms with E-state index in [1.165, 1.54) is 18.2 Å². The average molecular weight is 364 g/mol. The van der Waals surface area contributed by atoms with Crippen LogP contribution in [0.3, 0.4) is 0 Å². The normalized spacial score (nSPS) is 15.9. The first-order valence-corrected chi connectivity index (χ1v) is 8.30. The molecular weight excluding hydrogens is 345 g/mol. The Bertz CT molecular complexity index is 767. The number of carbonyl (C=O) groups is 1. The maximum Gasteiger partial charge on any atom is 0.416 e. The molecule has 0 bridgehead atoms. The number of benzene rings is 2. The molecule has 0 atom stereocenters. The number of para-hydroxylation sites is 1. The lowest BCUT2D eigenvalue weighted by Crippen LogP contribution is -2.48. The number of amides is 1. The SMILES string of the molecule is O=C(c1ccccc1O)N1CCN(Cc2ccc(C(F)(F)F)cc2)CC1. The fourth-order valence-electron chi connectivity index (χ4n) is 2.99. The van der Waals surface area contributed by atoms with Gasteiger partial charge in [-0.15, -0.1) is 0 Å². The second-order valence-corrected chi connectivity index (χ2v) is 6.28. The topological polar surface area (TPSA) is 43.8 Å². The Morgan fingerprint density at radius 2 is 1.58 bits per heavy atom. The lowest BCUT2D eigenvalue weighted by molar-refractivity contribution is -0.137. The van der Waals surface area contributed by atoms with E-state index in [0.29, 0.717) is 32.7 Å².